The Morgan fingerprint density at radius 3 is 2.58 bits per heavy atom. The largest absolute Gasteiger partial charge is 0.399 e. The fraction of sp³-hybridized carbons (Fsp3) is 0.0714. The van der Waals surface area contributed by atoms with Gasteiger partial charge < -0.3 is 5.73 Å². The van der Waals surface area contributed by atoms with Gasteiger partial charge in [0, 0.05) is 11.3 Å². The number of nitrogens with zero attached hydrogens (tertiary/aromatic N) is 4. The van der Waals surface area contributed by atoms with Crippen molar-refractivity contribution in [3.63, 3.8) is 0 Å². The molecular formula is C14H13N5. The molecule has 0 amide bonds. The van der Waals surface area contributed by atoms with Crippen LogP contribution in [0.25, 0.3) is 17.1 Å². The van der Waals surface area contributed by atoms with Crippen molar-refractivity contribution in [1.82, 2.24) is 20.2 Å². The van der Waals surface area contributed by atoms with E-state index in [-0.39, 0.29) is 0 Å². The molecule has 5 heteroatoms. The van der Waals surface area contributed by atoms with Crippen LogP contribution in [-0.4, -0.2) is 20.2 Å². The molecule has 94 valence electrons. The van der Waals surface area contributed by atoms with Gasteiger partial charge in [0.1, 0.15) is 0 Å². The van der Waals surface area contributed by atoms with Crippen molar-refractivity contribution in [1.29, 1.82) is 0 Å². The van der Waals surface area contributed by atoms with Crippen molar-refractivity contribution in [3.05, 3.63) is 54.1 Å². The van der Waals surface area contributed by atoms with Crippen LogP contribution in [0.1, 0.15) is 5.56 Å². The molecule has 0 saturated carbocycles. The minimum Gasteiger partial charge on any atom is -0.399 e. The van der Waals surface area contributed by atoms with Crippen molar-refractivity contribution in [3.8, 4) is 17.1 Å². The van der Waals surface area contributed by atoms with Crippen LogP contribution in [0.4, 0.5) is 5.69 Å². The zero-order valence-corrected chi connectivity index (χ0v) is 10.5. The number of aryl methyl sites for hydroxylation is 1. The molecule has 3 rings (SSSR count). The van der Waals surface area contributed by atoms with Crippen molar-refractivity contribution in [2.24, 2.45) is 0 Å². The standard InChI is InChI=1S/C14H13N5/c1-10-5-7-13(8-6-10)19-14(16-17-18-19)11-3-2-4-12(15)9-11/h2-9H,15H2,1H3. The molecule has 0 radical (unpaired) electrons. The molecule has 5 nitrogen and oxygen atoms in total. The smallest absolute Gasteiger partial charge is 0.187 e. The molecule has 2 N–H and O–H groups in total. The van der Waals surface area contributed by atoms with Crippen LogP contribution in [0.5, 0.6) is 0 Å². The summed E-state index contributed by atoms with van der Waals surface area (Å²) in [7, 11) is 0. The molecule has 0 aliphatic rings. The summed E-state index contributed by atoms with van der Waals surface area (Å²) in [5.41, 5.74) is 9.50. The molecule has 0 aliphatic heterocycles. The average Bonchev–Trinajstić information content (AvgIpc) is 2.89. The van der Waals surface area contributed by atoms with Gasteiger partial charge in [-0.3, -0.25) is 0 Å². The summed E-state index contributed by atoms with van der Waals surface area (Å²) >= 11 is 0. The van der Waals surface area contributed by atoms with E-state index in [0.717, 1.165) is 11.3 Å². The highest BCUT2D eigenvalue weighted by molar-refractivity contribution is 5.62. The number of anilines is 1. The second kappa shape index (κ2) is 4.53. The van der Waals surface area contributed by atoms with Crippen molar-refractivity contribution < 1.29 is 0 Å². The Morgan fingerprint density at radius 1 is 1.05 bits per heavy atom. The van der Waals surface area contributed by atoms with Gasteiger partial charge in [-0.2, -0.15) is 4.68 Å². The monoisotopic (exact) mass is 251 g/mol. The Hall–Kier alpha value is -2.69. The van der Waals surface area contributed by atoms with Gasteiger partial charge in [-0.25, -0.2) is 0 Å². The van der Waals surface area contributed by atoms with E-state index in [0.29, 0.717) is 11.5 Å². The molecule has 1 aromatic heterocycles. The molecule has 0 fully saturated rings. The molecular weight excluding hydrogens is 238 g/mol. The van der Waals surface area contributed by atoms with Gasteiger partial charge in [-0.15, -0.1) is 5.10 Å². The van der Waals surface area contributed by atoms with E-state index in [1.165, 1.54) is 5.56 Å². The summed E-state index contributed by atoms with van der Waals surface area (Å²) in [6.45, 7) is 2.04. The molecule has 2 aromatic carbocycles. The summed E-state index contributed by atoms with van der Waals surface area (Å²) in [5, 5.41) is 11.9. The van der Waals surface area contributed by atoms with Crippen molar-refractivity contribution in [2.45, 2.75) is 6.92 Å². The van der Waals surface area contributed by atoms with Gasteiger partial charge in [-0.05, 0) is 41.6 Å². The van der Waals surface area contributed by atoms with Gasteiger partial charge in [0.15, 0.2) is 5.82 Å². The van der Waals surface area contributed by atoms with E-state index in [1.54, 1.807) is 4.68 Å². The van der Waals surface area contributed by atoms with Crippen molar-refractivity contribution in [2.75, 3.05) is 5.73 Å². The molecule has 0 unspecified atom stereocenters. The lowest BCUT2D eigenvalue weighted by molar-refractivity contribution is 0.791. The number of hydrogen-bond donors (Lipinski definition) is 1. The van der Waals surface area contributed by atoms with Gasteiger partial charge in [0.05, 0.1) is 5.69 Å². The van der Waals surface area contributed by atoms with Crippen LogP contribution < -0.4 is 5.73 Å². The highest BCUT2D eigenvalue weighted by atomic mass is 15.5. The van der Waals surface area contributed by atoms with E-state index in [4.69, 9.17) is 5.73 Å². The lowest BCUT2D eigenvalue weighted by atomic mass is 10.2. The van der Waals surface area contributed by atoms with Crippen LogP contribution in [0.15, 0.2) is 48.5 Å². The van der Waals surface area contributed by atoms with Crippen LogP contribution >= 0.6 is 0 Å². The third-order valence-electron chi connectivity index (χ3n) is 2.89. The van der Waals surface area contributed by atoms with E-state index in [2.05, 4.69) is 15.5 Å². The second-order valence-electron chi connectivity index (χ2n) is 4.38. The first-order valence-electron chi connectivity index (χ1n) is 5.95. The number of benzene rings is 2. The molecule has 0 saturated heterocycles. The zero-order valence-electron chi connectivity index (χ0n) is 10.5. The predicted octanol–water partition coefficient (Wildman–Crippen LogP) is 2.22. The first-order valence-corrected chi connectivity index (χ1v) is 5.95. The third-order valence-corrected chi connectivity index (χ3v) is 2.89. The van der Waals surface area contributed by atoms with Crippen LogP contribution in [0.2, 0.25) is 0 Å². The number of aromatic nitrogens is 4. The summed E-state index contributed by atoms with van der Waals surface area (Å²) in [6.07, 6.45) is 0. The Bertz CT molecular complexity index is 700. The average molecular weight is 251 g/mol. The summed E-state index contributed by atoms with van der Waals surface area (Å²) in [6, 6.07) is 15.6. The Labute approximate surface area is 110 Å². The summed E-state index contributed by atoms with van der Waals surface area (Å²) in [4.78, 5) is 0. The molecule has 0 spiro atoms. The lowest BCUT2D eigenvalue weighted by Gasteiger charge is -2.05. The van der Waals surface area contributed by atoms with Gasteiger partial charge in [0.25, 0.3) is 0 Å². The fourth-order valence-electron chi connectivity index (χ4n) is 1.90. The van der Waals surface area contributed by atoms with Crippen LogP contribution in [0, 0.1) is 6.92 Å². The Balaban J connectivity index is 2.10. The Morgan fingerprint density at radius 2 is 1.84 bits per heavy atom. The molecule has 0 bridgehead atoms. The maximum absolute atomic E-state index is 5.80. The highest BCUT2D eigenvalue weighted by Crippen LogP contribution is 2.21. The normalized spacial score (nSPS) is 10.6. The summed E-state index contributed by atoms with van der Waals surface area (Å²) < 4.78 is 1.70. The van der Waals surface area contributed by atoms with Gasteiger partial charge in [-0.1, -0.05) is 29.8 Å². The SMILES string of the molecule is Cc1ccc(-n2nnnc2-c2cccc(N)c2)cc1. The van der Waals surface area contributed by atoms with Crippen LogP contribution in [-0.2, 0) is 0 Å². The molecule has 0 atom stereocenters. The Kier molecular flexibility index (Phi) is 2.72. The highest BCUT2D eigenvalue weighted by Gasteiger charge is 2.10. The minimum atomic E-state index is 0.677. The van der Waals surface area contributed by atoms with E-state index < -0.39 is 0 Å². The van der Waals surface area contributed by atoms with E-state index in [1.807, 2.05) is 55.5 Å². The quantitative estimate of drug-likeness (QED) is 0.709. The maximum atomic E-state index is 5.80. The number of tetrazole rings is 1. The number of rotatable bonds is 2. The lowest BCUT2D eigenvalue weighted by Crippen LogP contribution is -2.00. The van der Waals surface area contributed by atoms with E-state index in [9.17, 15) is 0 Å². The first-order chi connectivity index (χ1) is 9.24. The third kappa shape index (κ3) is 2.18. The molecule has 0 aliphatic carbocycles. The topological polar surface area (TPSA) is 69.6 Å². The first kappa shape index (κ1) is 11.4. The van der Waals surface area contributed by atoms with E-state index >= 15 is 0 Å². The molecule has 1 heterocycles. The van der Waals surface area contributed by atoms with Crippen molar-refractivity contribution >= 4 is 5.69 Å². The zero-order chi connectivity index (χ0) is 13.2. The number of hydrogen-bond acceptors (Lipinski definition) is 4. The number of nitrogens with two attached hydrogens (primary N) is 1. The number of nitrogen functional groups attached to an aromatic ring is 1. The maximum Gasteiger partial charge on any atom is 0.187 e. The molecule has 3 aromatic rings. The predicted molar refractivity (Wildman–Crippen MR) is 73.7 cm³/mol. The van der Waals surface area contributed by atoms with Crippen LogP contribution in [0.3, 0.4) is 0 Å². The summed E-state index contributed by atoms with van der Waals surface area (Å²) in [5.74, 6) is 0.677. The second-order valence-corrected chi connectivity index (χ2v) is 4.38. The fourth-order valence-corrected chi connectivity index (χ4v) is 1.90. The van der Waals surface area contributed by atoms with Gasteiger partial charge >= 0.3 is 0 Å². The van der Waals surface area contributed by atoms with Gasteiger partial charge in [0.2, 0.25) is 0 Å². The minimum absolute atomic E-state index is 0.677. The molecule has 19 heavy (non-hydrogen) atoms.